The van der Waals surface area contributed by atoms with E-state index in [-0.39, 0.29) is 16.9 Å². The number of nitrogens with one attached hydrogen (secondary N) is 3. The number of nitro benzene ring substituents is 1. The molecule has 0 bridgehead atoms. The molecular formula is C19H18N4O5. The molecule has 3 N–H and O–H groups in total. The number of ether oxygens (including phenoxy) is 1. The number of benzene rings is 2. The maximum absolute atomic E-state index is 13.0. The minimum atomic E-state index is -0.747. The maximum atomic E-state index is 13.0. The Morgan fingerprint density at radius 2 is 1.96 bits per heavy atom. The van der Waals surface area contributed by atoms with Gasteiger partial charge in [0.1, 0.15) is 5.75 Å². The zero-order chi connectivity index (χ0) is 20.3. The minimum absolute atomic E-state index is 0.139. The molecule has 28 heavy (non-hydrogen) atoms. The second-order valence-electron chi connectivity index (χ2n) is 6.07. The van der Waals surface area contributed by atoms with Crippen LogP contribution in [0.4, 0.5) is 16.2 Å². The van der Waals surface area contributed by atoms with Crippen LogP contribution < -0.4 is 20.7 Å². The first-order valence-electron chi connectivity index (χ1n) is 8.37. The van der Waals surface area contributed by atoms with Gasteiger partial charge in [-0.1, -0.05) is 24.3 Å². The molecule has 1 aliphatic heterocycles. The highest BCUT2D eigenvalue weighted by Gasteiger charge is 2.33. The minimum Gasteiger partial charge on any atom is -0.496 e. The average Bonchev–Trinajstić information content (AvgIpc) is 2.67. The molecule has 0 fully saturated rings. The summed E-state index contributed by atoms with van der Waals surface area (Å²) < 4.78 is 5.36. The Bertz CT molecular complexity index is 986. The number of carbonyl (C=O) groups is 2. The fourth-order valence-corrected chi connectivity index (χ4v) is 3.03. The highest BCUT2D eigenvalue weighted by Crippen LogP contribution is 2.33. The monoisotopic (exact) mass is 382 g/mol. The van der Waals surface area contributed by atoms with Crippen LogP contribution in [0.5, 0.6) is 5.75 Å². The molecule has 2 aromatic carbocycles. The zero-order valence-corrected chi connectivity index (χ0v) is 15.2. The number of nitro groups is 1. The summed E-state index contributed by atoms with van der Waals surface area (Å²) in [5.74, 6) is 0.0181. The lowest BCUT2D eigenvalue weighted by Gasteiger charge is -2.29. The van der Waals surface area contributed by atoms with E-state index < -0.39 is 22.9 Å². The summed E-state index contributed by atoms with van der Waals surface area (Å²) >= 11 is 0. The first-order valence-corrected chi connectivity index (χ1v) is 8.37. The summed E-state index contributed by atoms with van der Waals surface area (Å²) in [6.45, 7) is 1.61. The van der Waals surface area contributed by atoms with Crippen LogP contribution >= 0.6 is 0 Å². The van der Waals surface area contributed by atoms with Gasteiger partial charge in [0.25, 0.3) is 11.6 Å². The molecule has 0 aromatic heterocycles. The molecule has 1 aliphatic rings. The average molecular weight is 382 g/mol. The van der Waals surface area contributed by atoms with E-state index >= 15 is 0 Å². The Balaban J connectivity index is 1.97. The number of anilines is 1. The predicted molar refractivity (Wildman–Crippen MR) is 102 cm³/mol. The van der Waals surface area contributed by atoms with Gasteiger partial charge in [0.05, 0.1) is 23.6 Å². The van der Waals surface area contributed by atoms with Gasteiger partial charge in [0.15, 0.2) is 0 Å². The first kappa shape index (κ1) is 18.9. The maximum Gasteiger partial charge on any atom is 0.319 e. The number of rotatable bonds is 5. The van der Waals surface area contributed by atoms with Gasteiger partial charge in [0.2, 0.25) is 0 Å². The van der Waals surface area contributed by atoms with Crippen molar-refractivity contribution >= 4 is 23.3 Å². The molecule has 0 aliphatic carbocycles. The fourth-order valence-electron chi connectivity index (χ4n) is 3.03. The normalized spacial score (nSPS) is 16.1. The van der Waals surface area contributed by atoms with Crippen LogP contribution in [-0.4, -0.2) is 24.0 Å². The summed E-state index contributed by atoms with van der Waals surface area (Å²) in [5.41, 5.74) is 1.40. The first-order chi connectivity index (χ1) is 13.4. The van der Waals surface area contributed by atoms with Crippen molar-refractivity contribution in [2.75, 3.05) is 12.4 Å². The Morgan fingerprint density at radius 3 is 2.68 bits per heavy atom. The molecule has 1 atom stereocenters. The number of para-hydroxylation sites is 1. The number of urea groups is 1. The van der Waals surface area contributed by atoms with Gasteiger partial charge in [-0.15, -0.1) is 0 Å². The summed E-state index contributed by atoms with van der Waals surface area (Å²) in [4.78, 5) is 35.4. The molecule has 1 heterocycles. The zero-order valence-electron chi connectivity index (χ0n) is 15.2. The molecule has 3 amide bonds. The molecule has 1 unspecified atom stereocenters. The number of non-ortho nitro benzene ring substituents is 1. The van der Waals surface area contributed by atoms with Crippen molar-refractivity contribution in [3.05, 3.63) is 75.5 Å². The number of hydrogen-bond acceptors (Lipinski definition) is 5. The number of nitrogens with zero attached hydrogens (tertiary/aromatic N) is 1. The third-order valence-corrected chi connectivity index (χ3v) is 4.28. The van der Waals surface area contributed by atoms with Crippen LogP contribution in [0.15, 0.2) is 59.8 Å². The van der Waals surface area contributed by atoms with E-state index in [1.54, 1.807) is 37.3 Å². The molecule has 0 spiro atoms. The van der Waals surface area contributed by atoms with Crippen molar-refractivity contribution in [3.8, 4) is 5.75 Å². The van der Waals surface area contributed by atoms with Gasteiger partial charge in [0, 0.05) is 29.1 Å². The van der Waals surface area contributed by atoms with Crippen LogP contribution in [0.25, 0.3) is 0 Å². The van der Waals surface area contributed by atoms with E-state index in [4.69, 9.17) is 4.74 Å². The van der Waals surface area contributed by atoms with E-state index in [0.29, 0.717) is 17.0 Å². The number of allylic oxidation sites excluding steroid dienone is 1. The Morgan fingerprint density at radius 1 is 1.21 bits per heavy atom. The lowest BCUT2D eigenvalue weighted by atomic mass is 9.94. The topological polar surface area (TPSA) is 123 Å². The Hall–Kier alpha value is -3.88. The van der Waals surface area contributed by atoms with Gasteiger partial charge >= 0.3 is 6.03 Å². The van der Waals surface area contributed by atoms with Crippen LogP contribution in [0.2, 0.25) is 0 Å². The van der Waals surface area contributed by atoms with Crippen LogP contribution in [0, 0.1) is 10.1 Å². The predicted octanol–water partition coefficient (Wildman–Crippen LogP) is 2.87. The summed E-state index contributed by atoms with van der Waals surface area (Å²) in [7, 11) is 1.50. The van der Waals surface area contributed by atoms with Crippen LogP contribution in [0.1, 0.15) is 18.5 Å². The van der Waals surface area contributed by atoms with E-state index in [0.717, 1.165) is 0 Å². The van der Waals surface area contributed by atoms with Crippen molar-refractivity contribution in [1.29, 1.82) is 0 Å². The summed E-state index contributed by atoms with van der Waals surface area (Å²) in [6, 6.07) is 11.5. The second kappa shape index (κ2) is 7.78. The molecule has 144 valence electrons. The van der Waals surface area contributed by atoms with Gasteiger partial charge in [-0.05, 0) is 19.1 Å². The molecule has 3 rings (SSSR count). The van der Waals surface area contributed by atoms with E-state index in [1.807, 2.05) is 0 Å². The number of carbonyl (C=O) groups excluding carboxylic acids is 2. The molecule has 2 aromatic rings. The number of methoxy groups -OCH3 is 1. The fraction of sp³-hybridized carbons (Fsp3) is 0.158. The van der Waals surface area contributed by atoms with Crippen molar-refractivity contribution in [3.63, 3.8) is 0 Å². The van der Waals surface area contributed by atoms with Crippen molar-refractivity contribution < 1.29 is 19.2 Å². The highest BCUT2D eigenvalue weighted by atomic mass is 16.6. The lowest BCUT2D eigenvalue weighted by Crippen LogP contribution is -2.46. The van der Waals surface area contributed by atoms with Gasteiger partial charge < -0.3 is 20.7 Å². The molecule has 0 radical (unpaired) electrons. The van der Waals surface area contributed by atoms with Crippen molar-refractivity contribution in [2.45, 2.75) is 13.0 Å². The van der Waals surface area contributed by atoms with Crippen LogP contribution in [0.3, 0.4) is 0 Å². The highest BCUT2D eigenvalue weighted by molar-refractivity contribution is 6.07. The molecule has 0 saturated carbocycles. The van der Waals surface area contributed by atoms with Gasteiger partial charge in [-0.25, -0.2) is 4.79 Å². The van der Waals surface area contributed by atoms with Crippen LogP contribution in [-0.2, 0) is 4.79 Å². The van der Waals surface area contributed by atoms with Gasteiger partial charge in [-0.2, -0.15) is 0 Å². The number of hydrogen-bond donors (Lipinski definition) is 3. The molecular weight excluding hydrogens is 364 g/mol. The summed E-state index contributed by atoms with van der Waals surface area (Å²) in [6.07, 6.45) is 0. The van der Waals surface area contributed by atoms with E-state index in [2.05, 4.69) is 16.0 Å². The molecule has 0 saturated heterocycles. The third-order valence-electron chi connectivity index (χ3n) is 4.28. The smallest absolute Gasteiger partial charge is 0.319 e. The Labute approximate surface area is 160 Å². The molecule has 9 heteroatoms. The van der Waals surface area contributed by atoms with Gasteiger partial charge in [-0.3, -0.25) is 14.9 Å². The quantitative estimate of drug-likeness (QED) is 0.542. The second-order valence-corrected chi connectivity index (χ2v) is 6.07. The van der Waals surface area contributed by atoms with Crippen molar-refractivity contribution in [2.24, 2.45) is 0 Å². The van der Waals surface area contributed by atoms with E-state index in [9.17, 15) is 19.7 Å². The largest absolute Gasteiger partial charge is 0.496 e. The SMILES string of the molecule is COc1ccccc1C1NC(=O)NC(C)=C1C(=O)Nc1cccc([N+](=O)[O-])c1. The summed E-state index contributed by atoms with van der Waals surface area (Å²) in [5, 5.41) is 18.9. The Kier molecular flexibility index (Phi) is 5.25. The van der Waals surface area contributed by atoms with Crippen molar-refractivity contribution in [1.82, 2.24) is 10.6 Å². The standard InChI is InChI=1S/C19H18N4O5/c1-11-16(18(24)21-12-6-5-7-13(10-12)23(26)27)17(22-19(25)20-11)14-8-3-4-9-15(14)28-2/h3-10,17H,1-2H3,(H,21,24)(H2,20,22,25). The van der Waals surface area contributed by atoms with E-state index in [1.165, 1.54) is 25.3 Å². The molecule has 9 nitrogen and oxygen atoms in total. The third kappa shape index (κ3) is 3.78. The lowest BCUT2D eigenvalue weighted by molar-refractivity contribution is -0.384. The number of amides is 3.